The molecule has 0 saturated carbocycles. The van der Waals surface area contributed by atoms with Crippen molar-refractivity contribution in [3.05, 3.63) is 97.4 Å². The van der Waals surface area contributed by atoms with Gasteiger partial charge in [0.05, 0.1) is 6.04 Å². The quantitative estimate of drug-likeness (QED) is 0.596. The van der Waals surface area contributed by atoms with E-state index in [1.54, 1.807) is 11.0 Å². The first-order valence-corrected chi connectivity index (χ1v) is 10.9. The molecule has 1 atom stereocenters. The molecule has 2 bridgehead atoms. The Hall–Kier alpha value is -3.72. The van der Waals surface area contributed by atoms with Crippen LogP contribution in [0.2, 0.25) is 5.02 Å². The van der Waals surface area contributed by atoms with Gasteiger partial charge in [0.2, 0.25) is 5.43 Å². The lowest BCUT2D eigenvalue weighted by Crippen LogP contribution is -2.44. The van der Waals surface area contributed by atoms with E-state index in [0.29, 0.717) is 30.6 Å². The Morgan fingerprint density at radius 3 is 2.71 bits per heavy atom. The summed E-state index contributed by atoms with van der Waals surface area (Å²) in [6, 6.07) is 7.97. The fourth-order valence-corrected chi connectivity index (χ4v) is 4.68. The second kappa shape index (κ2) is 8.25. The van der Waals surface area contributed by atoms with E-state index in [2.05, 4.69) is 5.32 Å². The molecule has 2 aromatic carbocycles. The van der Waals surface area contributed by atoms with Crippen LogP contribution in [0.5, 0.6) is 5.75 Å². The highest BCUT2D eigenvalue weighted by Gasteiger charge is 2.37. The van der Waals surface area contributed by atoms with Crippen molar-refractivity contribution >= 4 is 23.4 Å². The van der Waals surface area contributed by atoms with E-state index in [1.165, 1.54) is 16.8 Å². The first-order chi connectivity index (χ1) is 16.2. The van der Waals surface area contributed by atoms with Crippen molar-refractivity contribution in [2.75, 3.05) is 6.54 Å². The zero-order valence-electron chi connectivity index (χ0n) is 17.6. The fourth-order valence-electron chi connectivity index (χ4n) is 4.49. The van der Waals surface area contributed by atoms with Crippen LogP contribution >= 0.6 is 11.6 Å². The molecule has 34 heavy (non-hydrogen) atoms. The van der Waals surface area contributed by atoms with Gasteiger partial charge in [-0.3, -0.25) is 14.4 Å². The summed E-state index contributed by atoms with van der Waals surface area (Å²) in [6.45, 7) is 0.331. The van der Waals surface area contributed by atoms with E-state index < -0.39 is 34.6 Å². The molecular formula is C24H18ClF2N3O4. The van der Waals surface area contributed by atoms with Crippen LogP contribution < -0.4 is 10.7 Å². The van der Waals surface area contributed by atoms with E-state index in [0.717, 1.165) is 17.2 Å². The number of rotatable bonds is 3. The zero-order valence-corrected chi connectivity index (χ0v) is 18.4. The van der Waals surface area contributed by atoms with E-state index in [1.807, 2.05) is 12.1 Å². The van der Waals surface area contributed by atoms with Gasteiger partial charge in [0.1, 0.15) is 17.2 Å². The number of benzene rings is 2. The van der Waals surface area contributed by atoms with E-state index in [9.17, 15) is 28.3 Å². The predicted molar refractivity (Wildman–Crippen MR) is 119 cm³/mol. The van der Waals surface area contributed by atoms with Gasteiger partial charge < -0.3 is 19.9 Å². The molecule has 2 N–H and O–H groups in total. The average molecular weight is 486 g/mol. The van der Waals surface area contributed by atoms with Crippen LogP contribution in [-0.2, 0) is 19.5 Å². The predicted octanol–water partition coefficient (Wildman–Crippen LogP) is 3.17. The highest BCUT2D eigenvalue weighted by Crippen LogP contribution is 2.34. The molecule has 0 saturated heterocycles. The number of amides is 2. The molecule has 1 aromatic heterocycles. The molecule has 2 amide bonds. The largest absolute Gasteiger partial charge is 0.503 e. The maximum Gasteiger partial charge on any atom is 0.274 e. The third-order valence-corrected chi connectivity index (χ3v) is 6.44. The van der Waals surface area contributed by atoms with Gasteiger partial charge in [0.15, 0.2) is 11.4 Å². The SMILES string of the molecule is O=C(NCc1ccc(F)cc1F)c1cn2c(c(O)c1=O)C(=O)N1Cc3ccc(Cl)cc3CC2C1. The highest BCUT2D eigenvalue weighted by molar-refractivity contribution is 6.30. The van der Waals surface area contributed by atoms with Gasteiger partial charge >= 0.3 is 0 Å². The Morgan fingerprint density at radius 2 is 1.94 bits per heavy atom. The molecule has 1 unspecified atom stereocenters. The number of aromatic hydroxyl groups is 1. The maximum atomic E-state index is 13.9. The van der Waals surface area contributed by atoms with Crippen molar-refractivity contribution in [2.45, 2.75) is 25.6 Å². The van der Waals surface area contributed by atoms with Gasteiger partial charge in [-0.2, -0.15) is 0 Å². The molecule has 3 aromatic rings. The van der Waals surface area contributed by atoms with Crippen LogP contribution in [0.1, 0.15) is 43.6 Å². The summed E-state index contributed by atoms with van der Waals surface area (Å²) in [5.41, 5.74) is 0.297. The number of carbonyl (C=O) groups is 2. The maximum absolute atomic E-state index is 13.9. The lowest BCUT2D eigenvalue weighted by Gasteiger charge is -2.34. The van der Waals surface area contributed by atoms with Gasteiger partial charge in [0, 0.05) is 42.5 Å². The van der Waals surface area contributed by atoms with Crippen LogP contribution in [0.4, 0.5) is 8.78 Å². The number of halogens is 3. The minimum Gasteiger partial charge on any atom is -0.503 e. The highest BCUT2D eigenvalue weighted by atomic mass is 35.5. The second-order valence-corrected chi connectivity index (χ2v) is 8.79. The van der Waals surface area contributed by atoms with Crippen LogP contribution in [0.3, 0.4) is 0 Å². The lowest BCUT2D eigenvalue weighted by molar-refractivity contribution is 0.0653. The molecule has 174 valence electrons. The van der Waals surface area contributed by atoms with E-state index in [4.69, 9.17) is 11.6 Å². The number of aromatic nitrogens is 1. The minimum atomic E-state index is -1.00. The Labute approximate surface area is 197 Å². The van der Waals surface area contributed by atoms with Crippen molar-refractivity contribution in [2.24, 2.45) is 0 Å². The average Bonchev–Trinajstić information content (AvgIpc) is 2.96. The molecule has 0 aliphatic carbocycles. The molecule has 0 spiro atoms. The summed E-state index contributed by atoms with van der Waals surface area (Å²) < 4.78 is 28.5. The summed E-state index contributed by atoms with van der Waals surface area (Å²) in [7, 11) is 0. The lowest BCUT2D eigenvalue weighted by atomic mass is 10.0. The Kier molecular flexibility index (Phi) is 5.36. The number of hydrogen-bond acceptors (Lipinski definition) is 4. The fraction of sp³-hybridized carbons (Fsp3) is 0.208. The molecule has 0 radical (unpaired) electrons. The van der Waals surface area contributed by atoms with Gasteiger partial charge in [-0.05, 0) is 35.7 Å². The summed E-state index contributed by atoms with van der Waals surface area (Å²) in [5.74, 6) is -3.79. The van der Waals surface area contributed by atoms with Crippen LogP contribution in [-0.4, -0.2) is 32.9 Å². The summed E-state index contributed by atoms with van der Waals surface area (Å²) in [5, 5.41) is 13.6. The Morgan fingerprint density at radius 1 is 1.15 bits per heavy atom. The molecule has 2 aliphatic rings. The number of fused-ring (bicyclic) bond motifs is 5. The van der Waals surface area contributed by atoms with Crippen molar-refractivity contribution in [1.29, 1.82) is 0 Å². The molecule has 5 rings (SSSR count). The number of nitrogens with zero attached hydrogens (tertiary/aromatic N) is 2. The third kappa shape index (κ3) is 3.71. The third-order valence-electron chi connectivity index (χ3n) is 6.21. The van der Waals surface area contributed by atoms with E-state index >= 15 is 0 Å². The Balaban J connectivity index is 1.51. The van der Waals surface area contributed by atoms with Gasteiger partial charge in [0.25, 0.3) is 11.8 Å². The van der Waals surface area contributed by atoms with E-state index in [-0.39, 0.29) is 29.4 Å². The first-order valence-electron chi connectivity index (χ1n) is 10.5. The monoisotopic (exact) mass is 485 g/mol. The number of carbonyl (C=O) groups excluding carboxylic acids is 2. The van der Waals surface area contributed by atoms with Gasteiger partial charge in [-0.1, -0.05) is 23.7 Å². The first kappa shape index (κ1) is 22.1. The molecular weight excluding hydrogens is 468 g/mol. The molecule has 3 heterocycles. The van der Waals surface area contributed by atoms with Crippen molar-refractivity contribution in [1.82, 2.24) is 14.8 Å². The molecule has 10 heteroatoms. The topological polar surface area (TPSA) is 91.6 Å². The molecule has 7 nitrogen and oxygen atoms in total. The van der Waals surface area contributed by atoms with Crippen molar-refractivity contribution in [3.63, 3.8) is 0 Å². The number of pyridine rings is 1. The minimum absolute atomic E-state index is 0.0279. The smallest absolute Gasteiger partial charge is 0.274 e. The molecule has 0 fully saturated rings. The summed E-state index contributed by atoms with van der Waals surface area (Å²) in [6.07, 6.45) is 1.72. The normalized spacial score (nSPS) is 16.5. The van der Waals surface area contributed by atoms with Crippen molar-refractivity contribution < 1.29 is 23.5 Å². The van der Waals surface area contributed by atoms with Crippen molar-refractivity contribution in [3.8, 4) is 5.75 Å². The number of nitrogens with one attached hydrogen (secondary N) is 1. The van der Waals surface area contributed by atoms with Crippen LogP contribution in [0.15, 0.2) is 47.4 Å². The standard InChI is InChI=1S/C24H18ClF2N3O4/c25-15-3-1-13-9-29-10-17(6-14(13)5-15)30-11-18(21(31)22(32)20(30)24(29)34)23(33)28-8-12-2-4-16(26)7-19(12)27/h1-5,7,11,17,32H,6,8-10H2,(H,28,33). The Bertz CT molecular complexity index is 1420. The zero-order chi connectivity index (χ0) is 24.1. The second-order valence-electron chi connectivity index (χ2n) is 8.35. The van der Waals surface area contributed by atoms with Crippen LogP contribution in [0, 0.1) is 11.6 Å². The summed E-state index contributed by atoms with van der Waals surface area (Å²) in [4.78, 5) is 40.2. The van der Waals surface area contributed by atoms with Crippen LogP contribution in [0.25, 0.3) is 0 Å². The number of hydrogen-bond donors (Lipinski definition) is 2. The van der Waals surface area contributed by atoms with Gasteiger partial charge in [-0.25, -0.2) is 8.78 Å². The van der Waals surface area contributed by atoms with Gasteiger partial charge in [-0.15, -0.1) is 0 Å². The summed E-state index contributed by atoms with van der Waals surface area (Å²) >= 11 is 6.15. The molecule has 2 aliphatic heterocycles.